The molecular formula is C39H62O5. The van der Waals surface area contributed by atoms with Crippen molar-refractivity contribution >= 4 is 11.9 Å². The van der Waals surface area contributed by atoms with Crippen LogP contribution >= 0.6 is 0 Å². The second-order valence-electron chi connectivity index (χ2n) is 10.9. The zero-order valence-corrected chi connectivity index (χ0v) is 27.9. The molecule has 0 aliphatic heterocycles. The summed E-state index contributed by atoms with van der Waals surface area (Å²) in [5.74, 6) is -0.696. The maximum Gasteiger partial charge on any atom is 0.306 e. The summed E-state index contributed by atoms with van der Waals surface area (Å²) in [5.41, 5.74) is 0. The van der Waals surface area contributed by atoms with Crippen molar-refractivity contribution in [2.24, 2.45) is 0 Å². The van der Waals surface area contributed by atoms with E-state index >= 15 is 0 Å². The number of allylic oxidation sites excluding steroid dienone is 14. The van der Waals surface area contributed by atoms with E-state index in [2.05, 4.69) is 98.9 Å². The fraction of sp³-hybridized carbons (Fsp3) is 0.590. The minimum atomic E-state index is -0.811. The predicted molar refractivity (Wildman–Crippen MR) is 186 cm³/mol. The van der Waals surface area contributed by atoms with Crippen LogP contribution in [0.1, 0.15) is 129 Å². The van der Waals surface area contributed by atoms with E-state index in [0.29, 0.717) is 12.8 Å². The molecule has 0 aliphatic carbocycles. The number of carbonyl (C=O) groups excluding carboxylic acids is 2. The van der Waals surface area contributed by atoms with Crippen molar-refractivity contribution in [1.29, 1.82) is 0 Å². The molecule has 5 heteroatoms. The van der Waals surface area contributed by atoms with Gasteiger partial charge in [-0.2, -0.15) is 0 Å². The lowest BCUT2D eigenvalue weighted by Crippen LogP contribution is -2.28. The van der Waals surface area contributed by atoms with Gasteiger partial charge in [-0.15, -0.1) is 0 Å². The van der Waals surface area contributed by atoms with Crippen LogP contribution in [0, 0.1) is 0 Å². The molecule has 0 radical (unpaired) electrons. The summed E-state index contributed by atoms with van der Waals surface area (Å²) in [5, 5.41) is 9.50. The lowest BCUT2D eigenvalue weighted by atomic mass is 10.1. The summed E-state index contributed by atoms with van der Waals surface area (Å²) in [6.07, 6.45) is 46.4. The van der Waals surface area contributed by atoms with E-state index in [1.807, 2.05) is 0 Å². The average molecular weight is 611 g/mol. The van der Waals surface area contributed by atoms with Crippen molar-refractivity contribution in [1.82, 2.24) is 0 Å². The molecule has 0 unspecified atom stereocenters. The van der Waals surface area contributed by atoms with Gasteiger partial charge in [-0.3, -0.25) is 9.59 Å². The first-order valence-electron chi connectivity index (χ1n) is 17.1. The monoisotopic (exact) mass is 610 g/mol. The molecule has 1 atom stereocenters. The van der Waals surface area contributed by atoms with Crippen LogP contribution in [-0.4, -0.2) is 36.4 Å². The molecule has 0 aromatic carbocycles. The Bertz CT molecular complexity index is 875. The molecule has 0 saturated carbocycles. The molecular weight excluding hydrogens is 548 g/mol. The van der Waals surface area contributed by atoms with Crippen LogP contribution in [0.5, 0.6) is 0 Å². The molecule has 0 aliphatic rings. The van der Waals surface area contributed by atoms with Crippen molar-refractivity contribution in [2.45, 2.75) is 136 Å². The Kier molecular flexibility index (Phi) is 32.3. The lowest BCUT2D eigenvalue weighted by Gasteiger charge is -2.15. The standard InChI is InChI=1S/C39H62O5/c1-3-5-7-9-11-13-15-17-19-21-23-25-27-29-31-33-38(41)43-36-37(35-40)44-39(42)34-32-30-28-26-24-22-20-18-16-14-12-10-8-6-4-2/h5,7,11-14,17-20,23-26,37,40H,3-4,6,8-10,15-16,21-22,27-36H2,1-2H3/b7-5-,13-11-,14-12-,19-17-,20-18-,25-23-,26-24-/t37-/m0/s1. The Balaban J connectivity index is 3.77. The molecule has 0 fully saturated rings. The number of hydrogen-bond donors (Lipinski definition) is 1. The van der Waals surface area contributed by atoms with Crippen LogP contribution in [0.15, 0.2) is 85.1 Å². The summed E-state index contributed by atoms with van der Waals surface area (Å²) in [4.78, 5) is 24.1. The lowest BCUT2D eigenvalue weighted by molar-refractivity contribution is -0.161. The highest BCUT2D eigenvalue weighted by molar-refractivity contribution is 5.70. The molecule has 1 N–H and O–H groups in total. The smallest absolute Gasteiger partial charge is 0.306 e. The van der Waals surface area contributed by atoms with Gasteiger partial charge >= 0.3 is 11.9 Å². The molecule has 0 heterocycles. The van der Waals surface area contributed by atoms with Crippen LogP contribution in [-0.2, 0) is 19.1 Å². The van der Waals surface area contributed by atoms with Gasteiger partial charge in [0.15, 0.2) is 6.10 Å². The van der Waals surface area contributed by atoms with Crippen molar-refractivity contribution in [3.63, 3.8) is 0 Å². The van der Waals surface area contributed by atoms with E-state index in [1.54, 1.807) is 0 Å². The minimum Gasteiger partial charge on any atom is -0.462 e. The van der Waals surface area contributed by atoms with Gasteiger partial charge in [0.05, 0.1) is 6.61 Å². The van der Waals surface area contributed by atoms with Crippen LogP contribution in [0.3, 0.4) is 0 Å². The summed E-state index contributed by atoms with van der Waals surface area (Å²) in [6, 6.07) is 0. The second kappa shape index (κ2) is 34.6. The molecule has 0 rings (SSSR count). The number of aliphatic hydroxyl groups excluding tert-OH is 1. The van der Waals surface area contributed by atoms with Crippen molar-refractivity contribution in [3.05, 3.63) is 85.1 Å². The van der Waals surface area contributed by atoms with Gasteiger partial charge in [0, 0.05) is 12.8 Å². The fourth-order valence-corrected chi connectivity index (χ4v) is 4.08. The summed E-state index contributed by atoms with van der Waals surface area (Å²) in [7, 11) is 0. The van der Waals surface area contributed by atoms with Gasteiger partial charge in [-0.1, -0.05) is 112 Å². The molecule has 248 valence electrons. The highest BCUT2D eigenvalue weighted by Gasteiger charge is 2.15. The van der Waals surface area contributed by atoms with Crippen LogP contribution in [0.25, 0.3) is 0 Å². The van der Waals surface area contributed by atoms with Crippen LogP contribution < -0.4 is 0 Å². The third-order valence-electron chi connectivity index (χ3n) is 6.67. The predicted octanol–water partition coefficient (Wildman–Crippen LogP) is 10.4. The first kappa shape index (κ1) is 41.1. The molecule has 0 bridgehead atoms. The summed E-state index contributed by atoms with van der Waals surface area (Å²) < 4.78 is 10.5. The third kappa shape index (κ3) is 32.0. The fourth-order valence-electron chi connectivity index (χ4n) is 4.08. The van der Waals surface area contributed by atoms with E-state index < -0.39 is 6.10 Å². The van der Waals surface area contributed by atoms with E-state index in [0.717, 1.165) is 77.0 Å². The van der Waals surface area contributed by atoms with Gasteiger partial charge in [0.1, 0.15) is 6.61 Å². The number of aliphatic hydroxyl groups is 1. The van der Waals surface area contributed by atoms with Gasteiger partial charge in [0.25, 0.3) is 0 Å². The Labute approximate surface area is 269 Å². The number of esters is 2. The van der Waals surface area contributed by atoms with Crippen molar-refractivity contribution < 1.29 is 24.2 Å². The SMILES string of the molecule is CC/C=C\C/C=C\C/C=C\C/C=C\CCCCC(=O)OC[C@H](CO)OC(=O)CCCC/C=C\C/C=C\C/C=C\CCCCC. The topological polar surface area (TPSA) is 72.8 Å². The first-order chi connectivity index (χ1) is 21.6. The third-order valence-corrected chi connectivity index (χ3v) is 6.67. The molecule has 0 amide bonds. The van der Waals surface area contributed by atoms with E-state index in [9.17, 15) is 14.7 Å². The zero-order chi connectivity index (χ0) is 32.2. The van der Waals surface area contributed by atoms with Crippen LogP contribution in [0.2, 0.25) is 0 Å². The van der Waals surface area contributed by atoms with Gasteiger partial charge in [-0.25, -0.2) is 0 Å². The Hall–Kier alpha value is -2.92. The summed E-state index contributed by atoms with van der Waals surface area (Å²) >= 11 is 0. The molecule has 44 heavy (non-hydrogen) atoms. The quantitative estimate of drug-likeness (QED) is 0.0518. The Morgan fingerprint density at radius 2 is 0.955 bits per heavy atom. The second-order valence-corrected chi connectivity index (χ2v) is 10.9. The highest BCUT2D eigenvalue weighted by Crippen LogP contribution is 2.07. The average Bonchev–Trinajstić information content (AvgIpc) is 3.02. The van der Waals surface area contributed by atoms with Crippen molar-refractivity contribution in [2.75, 3.05) is 13.2 Å². The number of rotatable bonds is 29. The van der Waals surface area contributed by atoms with E-state index in [4.69, 9.17) is 9.47 Å². The number of carbonyl (C=O) groups is 2. The van der Waals surface area contributed by atoms with E-state index in [-0.39, 0.29) is 25.2 Å². The maximum absolute atomic E-state index is 12.1. The summed E-state index contributed by atoms with van der Waals surface area (Å²) in [6.45, 7) is 3.89. The van der Waals surface area contributed by atoms with Crippen LogP contribution in [0.4, 0.5) is 0 Å². The van der Waals surface area contributed by atoms with Crippen molar-refractivity contribution in [3.8, 4) is 0 Å². The zero-order valence-electron chi connectivity index (χ0n) is 27.9. The van der Waals surface area contributed by atoms with Gasteiger partial charge in [0.2, 0.25) is 0 Å². The normalized spacial score (nSPS) is 13.2. The highest BCUT2D eigenvalue weighted by atomic mass is 16.6. The van der Waals surface area contributed by atoms with Gasteiger partial charge < -0.3 is 14.6 Å². The number of hydrogen-bond acceptors (Lipinski definition) is 5. The van der Waals surface area contributed by atoms with E-state index in [1.165, 1.54) is 25.7 Å². The largest absolute Gasteiger partial charge is 0.462 e. The Morgan fingerprint density at radius 3 is 1.39 bits per heavy atom. The number of unbranched alkanes of at least 4 members (excludes halogenated alkanes) is 7. The maximum atomic E-state index is 12.1. The molecule has 0 aromatic rings. The molecule has 0 aromatic heterocycles. The number of ether oxygens (including phenoxy) is 2. The molecule has 5 nitrogen and oxygen atoms in total. The molecule has 0 saturated heterocycles. The van der Waals surface area contributed by atoms with Gasteiger partial charge in [-0.05, 0) is 89.9 Å². The first-order valence-corrected chi connectivity index (χ1v) is 17.1. The molecule has 0 spiro atoms. The Morgan fingerprint density at radius 1 is 0.545 bits per heavy atom. The minimum absolute atomic E-state index is 0.108.